The number of ether oxygens (including phenoxy) is 1. The number of aromatic nitrogens is 1. The smallest absolute Gasteiger partial charge is 0.337 e. The molecular formula is C19H27IN4O2. The van der Waals surface area contributed by atoms with Gasteiger partial charge in [0.1, 0.15) is 0 Å². The number of hydrogen-bond acceptors (Lipinski definition) is 3. The van der Waals surface area contributed by atoms with E-state index in [9.17, 15) is 4.79 Å². The lowest BCUT2D eigenvalue weighted by Crippen LogP contribution is -2.39. The highest BCUT2D eigenvalue weighted by molar-refractivity contribution is 14.0. The van der Waals surface area contributed by atoms with Crippen LogP contribution in [-0.4, -0.2) is 49.1 Å². The molecular weight excluding hydrogens is 443 g/mol. The van der Waals surface area contributed by atoms with Crippen molar-refractivity contribution in [3.63, 3.8) is 0 Å². The molecule has 0 aliphatic carbocycles. The van der Waals surface area contributed by atoms with Crippen LogP contribution in [0, 0.1) is 0 Å². The van der Waals surface area contributed by atoms with E-state index in [1.54, 1.807) is 19.2 Å². The molecule has 142 valence electrons. The van der Waals surface area contributed by atoms with E-state index in [2.05, 4.69) is 25.8 Å². The molecule has 26 heavy (non-hydrogen) atoms. The first-order valence-corrected chi connectivity index (χ1v) is 8.24. The number of aliphatic imine (C=N–C) groups is 1. The zero-order valence-electron chi connectivity index (χ0n) is 15.7. The number of nitrogens with zero attached hydrogens (tertiary/aromatic N) is 3. The van der Waals surface area contributed by atoms with Crippen LogP contribution in [0.2, 0.25) is 0 Å². The molecule has 0 aliphatic heterocycles. The standard InChI is InChI=1S/C19H26N4O2.HI/c1-20-19(23(3)14-17-6-5-13-22(17)2)21-12-11-15-7-9-16(10-8-15)18(24)25-4;/h5-10,13H,11-12,14H2,1-4H3,(H,20,21);1H. The van der Waals surface area contributed by atoms with Crippen molar-refractivity contribution in [3.8, 4) is 0 Å². The molecule has 0 saturated heterocycles. The van der Waals surface area contributed by atoms with Crippen LogP contribution in [-0.2, 0) is 24.8 Å². The minimum atomic E-state index is -0.313. The maximum absolute atomic E-state index is 11.4. The highest BCUT2D eigenvalue weighted by Crippen LogP contribution is 2.07. The number of rotatable bonds is 6. The van der Waals surface area contributed by atoms with E-state index in [-0.39, 0.29) is 29.9 Å². The number of halogens is 1. The van der Waals surface area contributed by atoms with Gasteiger partial charge >= 0.3 is 5.97 Å². The summed E-state index contributed by atoms with van der Waals surface area (Å²) in [4.78, 5) is 17.9. The molecule has 2 aromatic rings. The molecule has 0 bridgehead atoms. The molecule has 0 saturated carbocycles. The van der Waals surface area contributed by atoms with E-state index in [1.165, 1.54) is 12.8 Å². The average molecular weight is 470 g/mol. The number of aryl methyl sites for hydroxylation is 1. The van der Waals surface area contributed by atoms with Gasteiger partial charge in [-0.2, -0.15) is 0 Å². The van der Waals surface area contributed by atoms with Gasteiger partial charge < -0.3 is 19.5 Å². The van der Waals surface area contributed by atoms with Gasteiger partial charge in [-0.05, 0) is 36.2 Å². The Kier molecular flexibility index (Phi) is 9.18. The summed E-state index contributed by atoms with van der Waals surface area (Å²) in [7, 11) is 7.23. The normalized spacial score (nSPS) is 10.8. The van der Waals surface area contributed by atoms with Crippen molar-refractivity contribution in [3.05, 3.63) is 59.4 Å². The Labute approximate surface area is 172 Å². The van der Waals surface area contributed by atoms with Crippen molar-refractivity contribution in [1.29, 1.82) is 0 Å². The summed E-state index contributed by atoms with van der Waals surface area (Å²) in [6, 6.07) is 11.6. The SMILES string of the molecule is CN=C(NCCc1ccc(C(=O)OC)cc1)N(C)Cc1cccn1C.I. The molecule has 0 radical (unpaired) electrons. The Bertz CT molecular complexity index is 725. The fraction of sp³-hybridized carbons (Fsp3) is 0.368. The van der Waals surface area contributed by atoms with Gasteiger partial charge in [-0.15, -0.1) is 24.0 Å². The van der Waals surface area contributed by atoms with E-state index in [0.717, 1.165) is 31.0 Å². The van der Waals surface area contributed by atoms with Gasteiger partial charge in [-0.3, -0.25) is 4.99 Å². The molecule has 7 heteroatoms. The Balaban J connectivity index is 0.00000338. The first kappa shape index (κ1) is 22.0. The third kappa shape index (κ3) is 6.05. The molecule has 1 aromatic heterocycles. The van der Waals surface area contributed by atoms with Crippen LogP contribution in [0.4, 0.5) is 0 Å². The quantitative estimate of drug-likeness (QED) is 0.305. The number of carbonyl (C=O) groups is 1. The monoisotopic (exact) mass is 470 g/mol. The Morgan fingerprint density at radius 2 is 1.96 bits per heavy atom. The lowest BCUT2D eigenvalue weighted by Gasteiger charge is -2.22. The van der Waals surface area contributed by atoms with Gasteiger partial charge in [0.25, 0.3) is 0 Å². The van der Waals surface area contributed by atoms with Crippen LogP contribution in [0.25, 0.3) is 0 Å². The summed E-state index contributed by atoms with van der Waals surface area (Å²) >= 11 is 0. The van der Waals surface area contributed by atoms with Gasteiger partial charge in [0.2, 0.25) is 0 Å². The largest absolute Gasteiger partial charge is 0.465 e. The molecule has 1 N–H and O–H groups in total. The van der Waals surface area contributed by atoms with Crippen LogP contribution >= 0.6 is 24.0 Å². The highest BCUT2D eigenvalue weighted by atomic mass is 127. The van der Waals surface area contributed by atoms with Gasteiger partial charge in [0.05, 0.1) is 19.2 Å². The molecule has 6 nitrogen and oxygen atoms in total. The van der Waals surface area contributed by atoms with E-state index in [1.807, 2.05) is 38.5 Å². The van der Waals surface area contributed by atoms with Crippen LogP contribution in [0.5, 0.6) is 0 Å². The lowest BCUT2D eigenvalue weighted by atomic mass is 10.1. The molecule has 2 rings (SSSR count). The minimum absolute atomic E-state index is 0. The number of benzene rings is 1. The van der Waals surface area contributed by atoms with E-state index in [4.69, 9.17) is 4.74 Å². The predicted molar refractivity (Wildman–Crippen MR) is 115 cm³/mol. The maximum Gasteiger partial charge on any atom is 0.337 e. The van der Waals surface area contributed by atoms with Crippen molar-refractivity contribution in [1.82, 2.24) is 14.8 Å². The average Bonchev–Trinajstić information content (AvgIpc) is 3.03. The van der Waals surface area contributed by atoms with Gasteiger partial charge in [-0.25, -0.2) is 4.79 Å². The van der Waals surface area contributed by atoms with Crippen molar-refractivity contribution in [2.24, 2.45) is 12.0 Å². The molecule has 1 aromatic carbocycles. The van der Waals surface area contributed by atoms with Gasteiger partial charge in [0.15, 0.2) is 5.96 Å². The first-order valence-electron chi connectivity index (χ1n) is 8.24. The number of esters is 1. The zero-order chi connectivity index (χ0) is 18.2. The molecule has 0 spiro atoms. The molecule has 0 fully saturated rings. The number of methoxy groups -OCH3 is 1. The number of hydrogen-bond donors (Lipinski definition) is 1. The summed E-state index contributed by atoms with van der Waals surface area (Å²) in [6.07, 6.45) is 2.88. The number of nitrogens with one attached hydrogen (secondary N) is 1. The number of carbonyl (C=O) groups excluding carboxylic acids is 1. The highest BCUT2D eigenvalue weighted by Gasteiger charge is 2.08. The van der Waals surface area contributed by atoms with Gasteiger partial charge in [-0.1, -0.05) is 12.1 Å². The fourth-order valence-corrected chi connectivity index (χ4v) is 2.61. The van der Waals surface area contributed by atoms with Crippen LogP contribution in [0.1, 0.15) is 21.6 Å². The summed E-state index contributed by atoms with van der Waals surface area (Å²) in [5.74, 6) is 0.541. The Hall–Kier alpha value is -2.03. The minimum Gasteiger partial charge on any atom is -0.465 e. The first-order chi connectivity index (χ1) is 12.0. The molecule has 0 atom stereocenters. The van der Waals surface area contributed by atoms with E-state index < -0.39 is 0 Å². The van der Waals surface area contributed by atoms with Crippen LogP contribution in [0.15, 0.2) is 47.6 Å². The third-order valence-electron chi connectivity index (χ3n) is 4.10. The summed E-state index contributed by atoms with van der Waals surface area (Å²) in [5, 5.41) is 3.37. The molecule has 0 amide bonds. The van der Waals surface area contributed by atoms with E-state index in [0.29, 0.717) is 5.56 Å². The molecule has 0 unspecified atom stereocenters. The Morgan fingerprint density at radius 3 is 2.50 bits per heavy atom. The van der Waals surface area contributed by atoms with Crippen molar-refractivity contribution >= 4 is 35.9 Å². The molecule has 0 aliphatic rings. The maximum atomic E-state index is 11.4. The summed E-state index contributed by atoms with van der Waals surface area (Å²) in [5.41, 5.74) is 2.95. The van der Waals surface area contributed by atoms with E-state index >= 15 is 0 Å². The van der Waals surface area contributed by atoms with Crippen molar-refractivity contribution < 1.29 is 9.53 Å². The van der Waals surface area contributed by atoms with Crippen LogP contribution in [0.3, 0.4) is 0 Å². The second kappa shape index (κ2) is 10.8. The van der Waals surface area contributed by atoms with Crippen LogP contribution < -0.4 is 5.32 Å². The summed E-state index contributed by atoms with van der Waals surface area (Å²) < 4.78 is 6.81. The second-order valence-electron chi connectivity index (χ2n) is 5.88. The molecule has 1 heterocycles. The zero-order valence-corrected chi connectivity index (χ0v) is 18.1. The van der Waals surface area contributed by atoms with Gasteiger partial charge in [0, 0.05) is 39.6 Å². The van der Waals surface area contributed by atoms with Crippen molar-refractivity contribution in [2.45, 2.75) is 13.0 Å². The topological polar surface area (TPSA) is 58.9 Å². The Morgan fingerprint density at radius 1 is 1.27 bits per heavy atom. The fourth-order valence-electron chi connectivity index (χ4n) is 2.61. The van der Waals surface area contributed by atoms with Crippen molar-refractivity contribution in [2.75, 3.05) is 27.7 Å². The predicted octanol–water partition coefficient (Wildman–Crippen LogP) is 2.68. The number of guanidine groups is 1. The third-order valence-corrected chi connectivity index (χ3v) is 4.10. The summed E-state index contributed by atoms with van der Waals surface area (Å²) in [6.45, 7) is 1.55. The second-order valence-corrected chi connectivity index (χ2v) is 5.88. The lowest BCUT2D eigenvalue weighted by molar-refractivity contribution is 0.0600.